The zero-order valence-corrected chi connectivity index (χ0v) is 13.0. The number of carbonyl (C=O) groups excluding carboxylic acids is 1. The van der Waals surface area contributed by atoms with E-state index in [4.69, 9.17) is 15.6 Å². The Kier molecular flexibility index (Phi) is 5.94. The van der Waals surface area contributed by atoms with E-state index >= 15 is 0 Å². The first-order valence-corrected chi connectivity index (χ1v) is 7.28. The molecule has 4 N–H and O–H groups in total. The minimum Gasteiger partial charge on any atom is -0.439 e. The predicted octanol–water partition coefficient (Wildman–Crippen LogP) is 2.07. The summed E-state index contributed by atoms with van der Waals surface area (Å²) >= 11 is 0. The Bertz CT molecular complexity index is 751. The lowest BCUT2D eigenvalue weighted by Gasteiger charge is -2.12. The molecule has 0 aliphatic rings. The number of halogens is 3. The van der Waals surface area contributed by atoms with Gasteiger partial charge in [-0.2, -0.15) is 13.2 Å². The Morgan fingerprint density at radius 1 is 1.28 bits per heavy atom. The number of aliphatic hydroxyl groups excluding tert-OH is 1. The van der Waals surface area contributed by atoms with Crippen LogP contribution in [0, 0.1) is 0 Å². The molecule has 0 aliphatic carbocycles. The molecule has 0 saturated carbocycles. The number of nitrogens with one attached hydrogen (secondary N) is 1. The molecule has 25 heavy (non-hydrogen) atoms. The monoisotopic (exact) mass is 355 g/mol. The maximum absolute atomic E-state index is 12.9. The molecule has 0 bridgehead atoms. The largest absolute Gasteiger partial charge is 0.439 e. The van der Waals surface area contributed by atoms with Crippen molar-refractivity contribution < 1.29 is 27.8 Å². The number of amides is 1. The number of alkyl halides is 3. The average molecular weight is 355 g/mol. The number of aliphatic hydroxyl groups is 1. The average Bonchev–Trinajstić information content (AvgIpc) is 2.58. The summed E-state index contributed by atoms with van der Waals surface area (Å²) in [5, 5.41) is 11.2. The lowest BCUT2D eigenvalue weighted by atomic mass is 10.2. The number of benzene rings is 1. The summed E-state index contributed by atoms with van der Waals surface area (Å²) in [6.45, 7) is -0.234. The van der Waals surface area contributed by atoms with Gasteiger partial charge < -0.3 is 20.9 Å². The molecule has 0 spiro atoms. The highest BCUT2D eigenvalue weighted by atomic mass is 19.4. The first kappa shape index (κ1) is 18.7. The quantitative estimate of drug-likeness (QED) is 0.737. The molecule has 1 aromatic carbocycles. The van der Waals surface area contributed by atoms with Gasteiger partial charge in [-0.1, -0.05) is 6.07 Å². The normalized spacial score (nSPS) is 11.2. The molecule has 1 aromatic heterocycles. The molecule has 6 nitrogen and oxygen atoms in total. The predicted molar refractivity (Wildman–Crippen MR) is 83.1 cm³/mol. The minimum absolute atomic E-state index is 0.0823. The molecule has 1 amide bonds. The number of rotatable bonds is 6. The van der Waals surface area contributed by atoms with Crippen molar-refractivity contribution in [2.75, 3.05) is 13.2 Å². The lowest BCUT2D eigenvalue weighted by Crippen LogP contribution is -2.26. The number of ether oxygens (including phenoxy) is 1. The molecule has 2 aromatic rings. The zero-order valence-electron chi connectivity index (χ0n) is 13.0. The van der Waals surface area contributed by atoms with Crippen molar-refractivity contribution in [3.63, 3.8) is 0 Å². The van der Waals surface area contributed by atoms with Gasteiger partial charge in [0.15, 0.2) is 0 Å². The fraction of sp³-hybridized carbons (Fsp3) is 0.250. The topological polar surface area (TPSA) is 97.5 Å². The molecule has 0 saturated heterocycles. The SMILES string of the molecule is NCc1cc(Oc2cccc(C(=O)NCCO)c2)nc(C(F)(F)F)c1. The first-order chi connectivity index (χ1) is 11.8. The summed E-state index contributed by atoms with van der Waals surface area (Å²) in [5.74, 6) is -0.575. The molecular weight excluding hydrogens is 339 g/mol. The number of nitrogens with two attached hydrogens (primary N) is 1. The van der Waals surface area contributed by atoms with Gasteiger partial charge in [0.25, 0.3) is 5.91 Å². The Hall–Kier alpha value is -2.65. The highest BCUT2D eigenvalue weighted by Gasteiger charge is 2.33. The van der Waals surface area contributed by atoms with Crippen LogP contribution in [0.1, 0.15) is 21.6 Å². The van der Waals surface area contributed by atoms with Crippen LogP contribution in [0.25, 0.3) is 0 Å². The van der Waals surface area contributed by atoms with E-state index in [-0.39, 0.29) is 42.5 Å². The van der Waals surface area contributed by atoms with Crippen LogP contribution < -0.4 is 15.8 Å². The van der Waals surface area contributed by atoms with Crippen molar-refractivity contribution in [2.45, 2.75) is 12.7 Å². The molecule has 134 valence electrons. The van der Waals surface area contributed by atoms with Gasteiger partial charge in [-0.05, 0) is 29.8 Å². The second-order valence-electron chi connectivity index (χ2n) is 5.01. The van der Waals surface area contributed by atoms with Gasteiger partial charge in [0.1, 0.15) is 11.4 Å². The summed E-state index contributed by atoms with van der Waals surface area (Å²) in [5.41, 5.74) is 4.75. The molecule has 9 heteroatoms. The zero-order chi connectivity index (χ0) is 18.4. The smallest absolute Gasteiger partial charge is 0.433 e. The highest BCUT2D eigenvalue weighted by molar-refractivity contribution is 5.94. The van der Waals surface area contributed by atoms with E-state index in [2.05, 4.69) is 10.3 Å². The van der Waals surface area contributed by atoms with Crippen molar-refractivity contribution in [3.05, 3.63) is 53.2 Å². The molecule has 2 rings (SSSR count). The van der Waals surface area contributed by atoms with Crippen LogP contribution in [0.5, 0.6) is 11.6 Å². The fourth-order valence-electron chi connectivity index (χ4n) is 1.97. The molecule has 0 radical (unpaired) electrons. The van der Waals surface area contributed by atoms with Crippen LogP contribution in [0.2, 0.25) is 0 Å². The summed E-state index contributed by atoms with van der Waals surface area (Å²) < 4.78 is 44.0. The molecule has 0 atom stereocenters. The summed E-state index contributed by atoms with van der Waals surface area (Å²) in [6, 6.07) is 8.01. The van der Waals surface area contributed by atoms with Crippen molar-refractivity contribution in [3.8, 4) is 11.6 Å². The molecular formula is C16H16F3N3O3. The van der Waals surface area contributed by atoms with E-state index in [1.807, 2.05) is 0 Å². The van der Waals surface area contributed by atoms with Crippen molar-refractivity contribution in [1.82, 2.24) is 10.3 Å². The second-order valence-corrected chi connectivity index (χ2v) is 5.01. The van der Waals surface area contributed by atoms with Crippen LogP contribution in [-0.4, -0.2) is 29.1 Å². The van der Waals surface area contributed by atoms with E-state index in [0.29, 0.717) is 0 Å². The number of carbonyl (C=O) groups is 1. The van der Waals surface area contributed by atoms with Gasteiger partial charge >= 0.3 is 6.18 Å². The van der Waals surface area contributed by atoms with Gasteiger partial charge in [0.05, 0.1) is 6.61 Å². The van der Waals surface area contributed by atoms with Gasteiger partial charge in [-0.3, -0.25) is 4.79 Å². The molecule has 0 fully saturated rings. The van der Waals surface area contributed by atoms with Gasteiger partial charge in [0.2, 0.25) is 5.88 Å². The fourth-order valence-corrected chi connectivity index (χ4v) is 1.97. The number of hydrogen-bond donors (Lipinski definition) is 3. The number of aromatic nitrogens is 1. The van der Waals surface area contributed by atoms with Crippen molar-refractivity contribution in [2.24, 2.45) is 5.73 Å². The third-order valence-corrected chi connectivity index (χ3v) is 3.10. The van der Waals surface area contributed by atoms with Crippen molar-refractivity contribution in [1.29, 1.82) is 0 Å². The maximum atomic E-state index is 12.9. The van der Waals surface area contributed by atoms with E-state index in [1.165, 1.54) is 30.3 Å². The third kappa shape index (κ3) is 5.16. The Morgan fingerprint density at radius 2 is 2.04 bits per heavy atom. The first-order valence-electron chi connectivity index (χ1n) is 7.28. The Morgan fingerprint density at radius 3 is 2.68 bits per heavy atom. The van der Waals surface area contributed by atoms with E-state index < -0.39 is 17.8 Å². The van der Waals surface area contributed by atoms with Crippen LogP contribution >= 0.6 is 0 Å². The van der Waals surface area contributed by atoms with Crippen LogP contribution in [0.3, 0.4) is 0 Å². The highest BCUT2D eigenvalue weighted by Crippen LogP contribution is 2.31. The molecule has 0 aliphatic heterocycles. The van der Waals surface area contributed by atoms with Gasteiger partial charge in [-0.25, -0.2) is 4.98 Å². The van der Waals surface area contributed by atoms with Crippen molar-refractivity contribution >= 4 is 5.91 Å². The summed E-state index contributed by atoms with van der Waals surface area (Å²) in [7, 11) is 0. The number of pyridine rings is 1. The Labute approximate surface area is 141 Å². The van der Waals surface area contributed by atoms with Crippen LogP contribution in [0.15, 0.2) is 36.4 Å². The second kappa shape index (κ2) is 7.95. The number of hydrogen-bond acceptors (Lipinski definition) is 5. The van der Waals surface area contributed by atoms with Crippen LogP contribution in [-0.2, 0) is 12.7 Å². The standard InChI is InChI=1S/C16H16F3N3O3/c17-16(18,19)13-6-10(9-20)7-14(22-13)25-12-3-1-2-11(8-12)15(24)21-4-5-23/h1-3,6-8,23H,4-5,9,20H2,(H,21,24). The maximum Gasteiger partial charge on any atom is 0.433 e. The minimum atomic E-state index is -4.63. The summed E-state index contributed by atoms with van der Waals surface area (Å²) in [6.07, 6.45) is -4.63. The van der Waals surface area contributed by atoms with Gasteiger partial charge in [-0.15, -0.1) is 0 Å². The lowest BCUT2D eigenvalue weighted by molar-refractivity contribution is -0.141. The third-order valence-electron chi connectivity index (χ3n) is 3.10. The van der Waals surface area contributed by atoms with Crippen LogP contribution in [0.4, 0.5) is 13.2 Å². The summed E-state index contributed by atoms with van der Waals surface area (Å²) in [4.78, 5) is 15.3. The van der Waals surface area contributed by atoms with Gasteiger partial charge in [0, 0.05) is 24.7 Å². The van der Waals surface area contributed by atoms with E-state index in [1.54, 1.807) is 0 Å². The number of nitrogens with zero attached hydrogens (tertiary/aromatic N) is 1. The molecule has 1 heterocycles. The van der Waals surface area contributed by atoms with E-state index in [9.17, 15) is 18.0 Å². The Balaban J connectivity index is 2.26. The molecule has 0 unspecified atom stereocenters. The van der Waals surface area contributed by atoms with E-state index in [0.717, 1.165) is 6.07 Å².